The molecule has 0 amide bonds. The van der Waals surface area contributed by atoms with Crippen molar-refractivity contribution in [1.29, 1.82) is 0 Å². The molecule has 3 rings (SSSR count). The molecule has 2 heterocycles. The highest BCUT2D eigenvalue weighted by molar-refractivity contribution is 7.88. The number of sulfonamides is 1. The van der Waals surface area contributed by atoms with Gasteiger partial charge in [0.05, 0.1) is 5.69 Å². The van der Waals surface area contributed by atoms with Gasteiger partial charge in [0.2, 0.25) is 10.0 Å². The maximum absolute atomic E-state index is 12.7. The van der Waals surface area contributed by atoms with Crippen LogP contribution in [0.2, 0.25) is 0 Å². The van der Waals surface area contributed by atoms with E-state index in [4.69, 9.17) is 14.3 Å². The van der Waals surface area contributed by atoms with Gasteiger partial charge in [0, 0.05) is 59.1 Å². The summed E-state index contributed by atoms with van der Waals surface area (Å²) in [6.07, 6.45) is 7.36. The monoisotopic (exact) mass is 441 g/mol. The van der Waals surface area contributed by atoms with Crippen LogP contribution in [0.25, 0.3) is 0 Å². The molecule has 9 nitrogen and oxygen atoms in total. The van der Waals surface area contributed by atoms with Crippen LogP contribution in [0.3, 0.4) is 0 Å². The van der Waals surface area contributed by atoms with Crippen molar-refractivity contribution in [1.82, 2.24) is 19.7 Å². The van der Waals surface area contributed by atoms with E-state index in [0.717, 1.165) is 32.1 Å². The smallest absolute Gasteiger partial charge is 0.220 e. The largest absolute Gasteiger partial charge is 0.385 e. The Balaban J connectivity index is 1.60. The van der Waals surface area contributed by atoms with Crippen LogP contribution in [0, 0.1) is 5.41 Å². The van der Waals surface area contributed by atoms with Crippen LogP contribution in [0.5, 0.6) is 0 Å². The number of piperazine rings is 1. The van der Waals surface area contributed by atoms with E-state index in [1.807, 2.05) is 0 Å². The van der Waals surface area contributed by atoms with Crippen LogP contribution < -0.4 is 5.32 Å². The van der Waals surface area contributed by atoms with Crippen molar-refractivity contribution < 1.29 is 17.7 Å². The third-order valence-electron chi connectivity index (χ3n) is 6.15. The number of aliphatic imine (C=N–C) groups is 1. The summed E-state index contributed by atoms with van der Waals surface area (Å²) < 4.78 is 37.0. The van der Waals surface area contributed by atoms with Gasteiger partial charge in [-0.2, -0.15) is 4.31 Å². The Morgan fingerprint density at radius 2 is 2.03 bits per heavy atom. The fourth-order valence-electron chi connectivity index (χ4n) is 4.37. The number of ether oxygens (including phenoxy) is 1. The van der Waals surface area contributed by atoms with Crippen LogP contribution in [0.15, 0.2) is 21.8 Å². The van der Waals surface area contributed by atoms with Gasteiger partial charge in [0.1, 0.15) is 12.0 Å². The maximum Gasteiger partial charge on any atom is 0.220 e. The van der Waals surface area contributed by atoms with Crippen molar-refractivity contribution in [2.75, 3.05) is 53.0 Å². The minimum atomic E-state index is -3.40. The zero-order chi connectivity index (χ0) is 21.5. The van der Waals surface area contributed by atoms with Crippen molar-refractivity contribution in [2.24, 2.45) is 10.4 Å². The average molecular weight is 442 g/mol. The first-order valence-electron chi connectivity index (χ1n) is 10.9. The summed E-state index contributed by atoms with van der Waals surface area (Å²) in [5, 5.41) is 7.12. The molecule has 0 unspecified atom stereocenters. The predicted octanol–water partition coefficient (Wildman–Crippen LogP) is 1.68. The van der Waals surface area contributed by atoms with Crippen LogP contribution in [-0.4, -0.2) is 81.7 Å². The fourth-order valence-corrected chi connectivity index (χ4v) is 5.79. The van der Waals surface area contributed by atoms with Gasteiger partial charge in [-0.15, -0.1) is 0 Å². The van der Waals surface area contributed by atoms with E-state index in [0.29, 0.717) is 31.9 Å². The highest BCUT2D eigenvalue weighted by Gasteiger charge is 2.34. The molecule has 1 aliphatic carbocycles. The SMILES string of the molecule is CCNC(=NCC1(CCOC)CCCC1)N1CCN(S(=O)(=O)Cc2ccon2)CC1. The lowest BCUT2D eigenvalue weighted by Gasteiger charge is -2.36. The first kappa shape index (κ1) is 23.0. The van der Waals surface area contributed by atoms with Gasteiger partial charge in [0.15, 0.2) is 5.96 Å². The molecule has 0 aromatic carbocycles. The Labute approximate surface area is 179 Å². The average Bonchev–Trinajstić information content (AvgIpc) is 3.42. The number of nitrogens with zero attached hydrogens (tertiary/aromatic N) is 4. The number of hydrogen-bond donors (Lipinski definition) is 1. The van der Waals surface area contributed by atoms with Gasteiger partial charge in [-0.3, -0.25) is 4.99 Å². The van der Waals surface area contributed by atoms with E-state index < -0.39 is 10.0 Å². The van der Waals surface area contributed by atoms with Gasteiger partial charge in [-0.25, -0.2) is 8.42 Å². The van der Waals surface area contributed by atoms with Gasteiger partial charge >= 0.3 is 0 Å². The number of guanidine groups is 1. The van der Waals surface area contributed by atoms with Crippen LogP contribution in [0.1, 0.15) is 44.7 Å². The Morgan fingerprint density at radius 3 is 2.63 bits per heavy atom. The zero-order valence-electron chi connectivity index (χ0n) is 18.2. The summed E-state index contributed by atoms with van der Waals surface area (Å²) in [6.45, 7) is 6.54. The molecular formula is C20H35N5O4S. The Morgan fingerprint density at radius 1 is 1.30 bits per heavy atom. The summed E-state index contributed by atoms with van der Waals surface area (Å²) >= 11 is 0. The molecule has 30 heavy (non-hydrogen) atoms. The molecule has 10 heteroatoms. The highest BCUT2D eigenvalue weighted by Crippen LogP contribution is 2.41. The number of methoxy groups -OCH3 is 1. The maximum atomic E-state index is 12.7. The lowest BCUT2D eigenvalue weighted by Crippen LogP contribution is -2.54. The van der Waals surface area contributed by atoms with Crippen molar-refractivity contribution >= 4 is 16.0 Å². The number of rotatable bonds is 9. The van der Waals surface area contributed by atoms with Gasteiger partial charge < -0.3 is 19.5 Å². The van der Waals surface area contributed by atoms with E-state index in [1.165, 1.54) is 31.9 Å². The Kier molecular flexibility index (Phi) is 8.13. The molecule has 1 aromatic heterocycles. The quantitative estimate of drug-likeness (QED) is 0.460. The molecule has 1 saturated heterocycles. The highest BCUT2D eigenvalue weighted by atomic mass is 32.2. The van der Waals surface area contributed by atoms with E-state index >= 15 is 0 Å². The minimum absolute atomic E-state index is 0.125. The van der Waals surface area contributed by atoms with Gasteiger partial charge in [-0.05, 0) is 31.6 Å². The Bertz CT molecular complexity index is 767. The molecule has 1 saturated carbocycles. The molecular weight excluding hydrogens is 406 g/mol. The third-order valence-corrected chi connectivity index (χ3v) is 7.97. The summed E-state index contributed by atoms with van der Waals surface area (Å²) in [5.41, 5.74) is 0.671. The second-order valence-electron chi connectivity index (χ2n) is 8.25. The van der Waals surface area contributed by atoms with Crippen molar-refractivity contribution in [3.63, 3.8) is 0 Å². The zero-order valence-corrected chi connectivity index (χ0v) is 19.0. The molecule has 2 aliphatic rings. The molecule has 0 bridgehead atoms. The van der Waals surface area contributed by atoms with Crippen molar-refractivity contribution in [3.8, 4) is 0 Å². The lowest BCUT2D eigenvalue weighted by atomic mass is 9.83. The fraction of sp³-hybridized carbons (Fsp3) is 0.800. The Hall–Kier alpha value is -1.65. The lowest BCUT2D eigenvalue weighted by molar-refractivity contribution is 0.141. The molecule has 0 spiro atoms. The number of nitrogens with one attached hydrogen (secondary N) is 1. The van der Waals surface area contributed by atoms with Crippen molar-refractivity contribution in [2.45, 2.75) is 44.8 Å². The van der Waals surface area contributed by atoms with E-state index in [2.05, 4.69) is 22.3 Å². The topological polar surface area (TPSA) is 100 Å². The van der Waals surface area contributed by atoms with Crippen molar-refractivity contribution in [3.05, 3.63) is 18.0 Å². The van der Waals surface area contributed by atoms with Crippen LogP contribution in [-0.2, 0) is 20.5 Å². The minimum Gasteiger partial charge on any atom is -0.385 e. The molecule has 170 valence electrons. The second-order valence-corrected chi connectivity index (χ2v) is 10.2. The second kappa shape index (κ2) is 10.6. The molecule has 0 radical (unpaired) electrons. The molecule has 1 aromatic rings. The first-order valence-corrected chi connectivity index (χ1v) is 12.5. The molecule has 2 fully saturated rings. The van der Waals surface area contributed by atoms with E-state index in [1.54, 1.807) is 17.5 Å². The van der Waals surface area contributed by atoms with Gasteiger partial charge in [-0.1, -0.05) is 18.0 Å². The van der Waals surface area contributed by atoms with E-state index in [-0.39, 0.29) is 11.2 Å². The van der Waals surface area contributed by atoms with Gasteiger partial charge in [0.25, 0.3) is 0 Å². The molecule has 1 N–H and O–H groups in total. The van der Waals surface area contributed by atoms with Crippen LogP contribution in [0.4, 0.5) is 0 Å². The summed E-state index contributed by atoms with van der Waals surface area (Å²) in [6, 6.07) is 1.59. The van der Waals surface area contributed by atoms with E-state index in [9.17, 15) is 8.42 Å². The van der Waals surface area contributed by atoms with Crippen LogP contribution >= 0.6 is 0 Å². The summed E-state index contributed by atoms with van der Waals surface area (Å²) in [4.78, 5) is 7.15. The molecule has 0 atom stereocenters. The standard InChI is InChI=1S/C20H35N5O4S/c1-3-21-19(22-17-20(9-15-28-2)7-4-5-8-20)24-10-12-25(13-11-24)30(26,27)16-18-6-14-29-23-18/h6,14H,3-5,7-13,15-17H2,1-2H3,(H,21,22). The third kappa shape index (κ3) is 5.95. The normalized spacial score (nSPS) is 20.6. The predicted molar refractivity (Wildman–Crippen MR) is 116 cm³/mol. The first-order chi connectivity index (χ1) is 14.5. The number of aromatic nitrogens is 1. The summed E-state index contributed by atoms with van der Waals surface area (Å²) in [5.74, 6) is 0.759. The number of hydrogen-bond acceptors (Lipinski definition) is 6. The summed E-state index contributed by atoms with van der Waals surface area (Å²) in [7, 11) is -1.65. The molecule has 1 aliphatic heterocycles.